The van der Waals surface area contributed by atoms with Gasteiger partial charge in [0.1, 0.15) is 118 Å². The quantitative estimate of drug-likeness (QED) is 0.132. The number of benzene rings is 8. The van der Waals surface area contributed by atoms with Crippen molar-refractivity contribution in [3.63, 3.8) is 0 Å². The largest absolute Gasteiger partial charge is 0.113 e. The predicted molar refractivity (Wildman–Crippen MR) is 254 cm³/mol. The van der Waals surface area contributed by atoms with Crippen LogP contribution in [-0.4, -0.2) is 118 Å². The standard InChI is InChI=1S/C40H11B15/c41-26-19-17(16-11-10-13(12-6-2-1-3-7-12)14-8-4-5-9-15(14)16)20-22(30(45)38(53)36(51)27(20)42)18(21(19)29(44)37(52)35(26)50)23-24-25(32(47)34(49)28(23)43)33(48)40(55)39(54)31(24)46/h1-11H. The summed E-state index contributed by atoms with van der Waals surface area (Å²) in [6.45, 7) is 0. The lowest BCUT2D eigenvalue weighted by Gasteiger charge is -2.32. The second-order valence-electron chi connectivity index (χ2n) is 13.7. The van der Waals surface area contributed by atoms with Crippen molar-refractivity contribution in [2.24, 2.45) is 0 Å². The molecule has 8 aromatic rings. The Balaban J connectivity index is 1.74. The minimum Gasteiger partial charge on any atom is -0.110 e. The molecule has 0 saturated heterocycles. The third-order valence-electron chi connectivity index (χ3n) is 10.9. The minimum absolute atomic E-state index is 0.00154. The van der Waals surface area contributed by atoms with Gasteiger partial charge in [-0.1, -0.05) is 110 Å². The van der Waals surface area contributed by atoms with Crippen LogP contribution in [0.15, 0.2) is 66.7 Å². The van der Waals surface area contributed by atoms with E-state index in [2.05, 4.69) is 0 Å². The van der Waals surface area contributed by atoms with Gasteiger partial charge in [0.05, 0.1) is 0 Å². The maximum absolute atomic E-state index is 7.04. The highest BCUT2D eigenvalue weighted by molar-refractivity contribution is 6.75. The Bertz CT molecular complexity index is 2940. The molecule has 8 aromatic carbocycles. The molecule has 0 nitrogen and oxygen atoms in total. The van der Waals surface area contributed by atoms with Crippen LogP contribution in [0, 0.1) is 0 Å². The maximum atomic E-state index is 7.04. The fourth-order valence-corrected chi connectivity index (χ4v) is 8.03. The molecular weight excluding hydrogens is 643 g/mol. The van der Waals surface area contributed by atoms with Crippen LogP contribution in [0.3, 0.4) is 0 Å². The normalized spacial score (nSPS) is 11.6. The molecule has 30 radical (unpaired) electrons. The lowest BCUT2D eigenvalue weighted by molar-refractivity contribution is 1.65. The molecule has 0 atom stereocenters. The van der Waals surface area contributed by atoms with Crippen molar-refractivity contribution in [1.82, 2.24) is 0 Å². The molecule has 0 amide bonds. The molecule has 216 valence electrons. The van der Waals surface area contributed by atoms with E-state index in [1.54, 1.807) is 0 Å². The molecule has 0 fully saturated rings. The van der Waals surface area contributed by atoms with E-state index in [1.807, 2.05) is 66.7 Å². The smallest absolute Gasteiger partial charge is 0.110 e. The molecule has 0 aliphatic heterocycles. The van der Waals surface area contributed by atoms with Crippen LogP contribution in [0.25, 0.3) is 76.5 Å². The number of rotatable bonds is 3. The number of hydrogen-bond donors (Lipinski definition) is 0. The van der Waals surface area contributed by atoms with Gasteiger partial charge in [-0.05, 0) is 76.5 Å². The molecule has 0 spiro atoms. The molecule has 0 aliphatic carbocycles. The summed E-state index contributed by atoms with van der Waals surface area (Å²) in [5.74, 6) is 0. The number of fused-ring (bicyclic) bond motifs is 4. The monoisotopic (exact) mass is 656 g/mol. The van der Waals surface area contributed by atoms with Crippen LogP contribution in [-0.2, 0) is 0 Å². The van der Waals surface area contributed by atoms with Gasteiger partial charge in [-0.25, -0.2) is 0 Å². The Kier molecular flexibility index (Phi) is 9.23. The summed E-state index contributed by atoms with van der Waals surface area (Å²) in [5, 5.41) is 3.46. The Morgan fingerprint density at radius 3 is 0.964 bits per heavy atom. The molecule has 0 saturated carbocycles. The molecule has 8 rings (SSSR count). The SMILES string of the molecule is [B]c1c([B])c([B])c2c(-c3c4c([B])c([B])c([B])c([B])c4c(-c4ccc(-c5ccccc5)c5ccccc45)c4c([B])c([B])c([B])c([B])c34)c([B])c([B])c([B])c2c1[B]. The predicted octanol–water partition coefficient (Wildman–Crippen LogP) is -6.79. The van der Waals surface area contributed by atoms with Gasteiger partial charge < -0.3 is 0 Å². The van der Waals surface area contributed by atoms with Crippen molar-refractivity contribution in [2.45, 2.75) is 0 Å². The van der Waals surface area contributed by atoms with Crippen LogP contribution < -0.4 is 81.9 Å². The van der Waals surface area contributed by atoms with Gasteiger partial charge in [0.25, 0.3) is 0 Å². The molecule has 0 N–H and O–H groups in total. The zero-order chi connectivity index (χ0) is 39.5. The summed E-state index contributed by atoms with van der Waals surface area (Å²) in [6.07, 6.45) is 0. The summed E-state index contributed by atoms with van der Waals surface area (Å²) in [6, 6.07) is 21.9. The third kappa shape index (κ3) is 5.20. The molecule has 0 bridgehead atoms. The Hall–Kier alpha value is -4.23. The van der Waals surface area contributed by atoms with Gasteiger partial charge in [-0.15, -0.1) is 38.2 Å². The van der Waals surface area contributed by atoms with Crippen LogP contribution in [0.5, 0.6) is 0 Å². The first kappa shape index (κ1) is 37.7. The lowest BCUT2D eigenvalue weighted by atomic mass is 9.56. The van der Waals surface area contributed by atoms with E-state index in [0.29, 0.717) is 21.9 Å². The first-order valence-corrected chi connectivity index (χ1v) is 17.0. The highest BCUT2D eigenvalue weighted by atomic mass is 14.3. The van der Waals surface area contributed by atoms with Crippen molar-refractivity contribution >= 4 is 243 Å². The van der Waals surface area contributed by atoms with E-state index in [0.717, 1.165) is 21.9 Å². The van der Waals surface area contributed by atoms with Crippen molar-refractivity contribution < 1.29 is 0 Å². The second-order valence-corrected chi connectivity index (χ2v) is 13.7. The van der Waals surface area contributed by atoms with Gasteiger partial charge in [0, 0.05) is 0 Å². The van der Waals surface area contributed by atoms with E-state index < -0.39 is 0 Å². The van der Waals surface area contributed by atoms with Gasteiger partial charge in [0.2, 0.25) is 0 Å². The van der Waals surface area contributed by atoms with Gasteiger partial charge in [-0.3, -0.25) is 0 Å². The van der Waals surface area contributed by atoms with E-state index >= 15 is 0 Å². The van der Waals surface area contributed by atoms with Crippen LogP contribution in [0.4, 0.5) is 0 Å². The average Bonchev–Trinajstić information content (AvgIpc) is 3.19. The van der Waals surface area contributed by atoms with Crippen molar-refractivity contribution in [1.29, 1.82) is 0 Å². The van der Waals surface area contributed by atoms with Crippen LogP contribution in [0.1, 0.15) is 0 Å². The topological polar surface area (TPSA) is 0 Å². The molecule has 0 aliphatic rings. The fraction of sp³-hybridized carbons (Fsp3) is 0. The summed E-state index contributed by atoms with van der Waals surface area (Å²) < 4.78 is 0. The molecule has 0 aromatic heterocycles. The highest BCUT2D eigenvalue weighted by Gasteiger charge is 2.28. The minimum atomic E-state index is -0.0319. The van der Waals surface area contributed by atoms with Gasteiger partial charge in [0.15, 0.2) is 0 Å². The summed E-state index contributed by atoms with van der Waals surface area (Å²) in [5.41, 5.74) is 3.93. The van der Waals surface area contributed by atoms with Crippen molar-refractivity contribution in [3.8, 4) is 33.4 Å². The van der Waals surface area contributed by atoms with Gasteiger partial charge >= 0.3 is 0 Å². The highest BCUT2D eigenvalue weighted by Crippen LogP contribution is 2.44. The zero-order valence-electron chi connectivity index (χ0n) is 29.5. The first-order chi connectivity index (χ1) is 26.1. The molecule has 0 heterocycles. The molecule has 0 unspecified atom stereocenters. The zero-order valence-corrected chi connectivity index (χ0v) is 29.5. The van der Waals surface area contributed by atoms with E-state index in [-0.39, 0.29) is 115 Å². The summed E-state index contributed by atoms with van der Waals surface area (Å²) >= 11 is 0. The first-order valence-electron chi connectivity index (χ1n) is 17.0. The van der Waals surface area contributed by atoms with E-state index in [9.17, 15) is 0 Å². The van der Waals surface area contributed by atoms with Crippen LogP contribution >= 0.6 is 0 Å². The average molecular weight is 654 g/mol. The number of hydrogen-bond acceptors (Lipinski definition) is 0. The van der Waals surface area contributed by atoms with Crippen LogP contribution in [0.2, 0.25) is 0 Å². The maximum Gasteiger partial charge on any atom is 0.113 e. The molecule has 55 heavy (non-hydrogen) atoms. The Morgan fingerprint density at radius 2 is 0.527 bits per heavy atom. The molecule has 15 heteroatoms. The second kappa shape index (κ2) is 13.5. The fourth-order valence-electron chi connectivity index (χ4n) is 8.03. The summed E-state index contributed by atoms with van der Waals surface area (Å²) in [7, 11) is 101. The third-order valence-corrected chi connectivity index (χ3v) is 10.9. The van der Waals surface area contributed by atoms with E-state index in [1.165, 1.54) is 0 Å². The Labute approximate surface area is 341 Å². The van der Waals surface area contributed by atoms with E-state index in [4.69, 9.17) is 118 Å². The van der Waals surface area contributed by atoms with Gasteiger partial charge in [-0.2, -0.15) is 0 Å². The molecular formula is C40H11B15. The Morgan fingerprint density at radius 1 is 0.218 bits per heavy atom. The summed E-state index contributed by atoms with van der Waals surface area (Å²) in [4.78, 5) is 0. The van der Waals surface area contributed by atoms with Crippen molar-refractivity contribution in [3.05, 3.63) is 66.7 Å². The van der Waals surface area contributed by atoms with Crippen molar-refractivity contribution in [2.75, 3.05) is 0 Å². The lowest BCUT2D eigenvalue weighted by Crippen LogP contribution is -2.53.